The monoisotopic (exact) mass is 227 g/mol. The van der Waals surface area contributed by atoms with Crippen molar-refractivity contribution in [3.8, 4) is 5.75 Å². The molecule has 0 aliphatic heterocycles. The van der Waals surface area contributed by atoms with Gasteiger partial charge in [0.15, 0.2) is 0 Å². The number of hydrogen-bond donors (Lipinski definition) is 2. The van der Waals surface area contributed by atoms with E-state index in [0.717, 1.165) is 6.07 Å². The van der Waals surface area contributed by atoms with Gasteiger partial charge in [-0.15, -0.1) is 0 Å². The predicted octanol–water partition coefficient (Wildman–Crippen LogP) is 1.49. The summed E-state index contributed by atoms with van der Waals surface area (Å²) in [6.07, 6.45) is 0. The molecule has 0 saturated carbocycles. The number of rotatable bonds is 3. The number of hydrogen-bond acceptors (Lipinski definition) is 3. The Labute approximate surface area is 90.8 Å². The molecule has 0 atom stereocenters. The highest BCUT2D eigenvalue weighted by Crippen LogP contribution is 2.25. The Hall–Kier alpha value is -2.11. The van der Waals surface area contributed by atoms with Crippen molar-refractivity contribution in [1.29, 1.82) is 0 Å². The summed E-state index contributed by atoms with van der Waals surface area (Å²) in [5, 5.41) is 11.0. The van der Waals surface area contributed by atoms with Gasteiger partial charge in [-0.3, -0.25) is 4.79 Å². The van der Waals surface area contributed by atoms with Crippen molar-refractivity contribution in [2.45, 2.75) is 6.92 Å². The summed E-state index contributed by atoms with van der Waals surface area (Å²) in [6, 6.07) is 2.18. The number of carboxylic acids is 1. The summed E-state index contributed by atoms with van der Waals surface area (Å²) in [4.78, 5) is 21.6. The lowest BCUT2D eigenvalue weighted by molar-refractivity contribution is -0.114. The number of carbonyl (C=O) groups excluding carboxylic acids is 1. The second-order valence-corrected chi connectivity index (χ2v) is 3.02. The number of benzene rings is 1. The Balaban J connectivity index is 3.34. The lowest BCUT2D eigenvalue weighted by Gasteiger charge is -2.09. The van der Waals surface area contributed by atoms with E-state index in [1.165, 1.54) is 20.1 Å². The van der Waals surface area contributed by atoms with Crippen molar-refractivity contribution in [1.82, 2.24) is 0 Å². The first-order chi connectivity index (χ1) is 7.45. The van der Waals surface area contributed by atoms with Crippen molar-refractivity contribution in [2.24, 2.45) is 0 Å². The van der Waals surface area contributed by atoms with E-state index < -0.39 is 23.3 Å². The molecule has 0 heterocycles. The van der Waals surface area contributed by atoms with Crippen LogP contribution in [0.2, 0.25) is 0 Å². The zero-order chi connectivity index (χ0) is 12.3. The van der Waals surface area contributed by atoms with Crippen molar-refractivity contribution >= 4 is 17.6 Å². The molecule has 0 unspecified atom stereocenters. The van der Waals surface area contributed by atoms with Gasteiger partial charge in [-0.2, -0.15) is 0 Å². The molecule has 0 saturated heterocycles. The van der Waals surface area contributed by atoms with Crippen LogP contribution in [0.1, 0.15) is 17.3 Å². The van der Waals surface area contributed by atoms with Crippen LogP contribution in [-0.2, 0) is 4.79 Å². The maximum Gasteiger partial charge on any atom is 0.340 e. The zero-order valence-corrected chi connectivity index (χ0v) is 8.70. The Bertz CT molecular complexity index is 445. The minimum atomic E-state index is -1.45. The highest BCUT2D eigenvalue weighted by molar-refractivity contribution is 6.00. The largest absolute Gasteiger partial charge is 0.497 e. The summed E-state index contributed by atoms with van der Waals surface area (Å²) in [7, 11) is 1.31. The van der Waals surface area contributed by atoms with Gasteiger partial charge in [0.2, 0.25) is 5.91 Å². The van der Waals surface area contributed by atoms with Crippen LogP contribution in [0.3, 0.4) is 0 Å². The van der Waals surface area contributed by atoms with Crippen molar-refractivity contribution < 1.29 is 23.8 Å². The van der Waals surface area contributed by atoms with Crippen LogP contribution in [0.25, 0.3) is 0 Å². The second kappa shape index (κ2) is 4.61. The number of amides is 1. The predicted molar refractivity (Wildman–Crippen MR) is 54.2 cm³/mol. The fourth-order valence-electron chi connectivity index (χ4n) is 1.21. The second-order valence-electron chi connectivity index (χ2n) is 3.02. The van der Waals surface area contributed by atoms with Crippen LogP contribution in [0, 0.1) is 5.82 Å². The highest BCUT2D eigenvalue weighted by atomic mass is 19.1. The molecule has 6 heteroatoms. The summed E-state index contributed by atoms with van der Waals surface area (Å²) in [5.74, 6) is -2.78. The molecule has 1 aromatic rings. The van der Waals surface area contributed by atoms with Gasteiger partial charge in [0, 0.05) is 19.1 Å². The van der Waals surface area contributed by atoms with Crippen molar-refractivity contribution in [2.75, 3.05) is 12.4 Å². The van der Waals surface area contributed by atoms with Crippen LogP contribution < -0.4 is 10.1 Å². The molecule has 0 spiro atoms. The number of halogens is 1. The Kier molecular flexibility index (Phi) is 3.44. The van der Waals surface area contributed by atoms with E-state index in [0.29, 0.717) is 0 Å². The van der Waals surface area contributed by atoms with Crippen LogP contribution >= 0.6 is 0 Å². The fraction of sp³-hybridized carbons (Fsp3) is 0.200. The Morgan fingerprint density at radius 2 is 2.06 bits per heavy atom. The zero-order valence-electron chi connectivity index (χ0n) is 8.70. The van der Waals surface area contributed by atoms with E-state index in [1.54, 1.807) is 0 Å². The van der Waals surface area contributed by atoms with Crippen LogP contribution in [0.5, 0.6) is 5.75 Å². The standard InChI is InChI=1S/C10H10FNO4/c1-5(13)12-8-4-6(16-2)3-7(11)9(8)10(14)15/h3-4H,1-2H3,(H,12,13)(H,14,15). The van der Waals surface area contributed by atoms with E-state index in [9.17, 15) is 14.0 Å². The normalized spacial score (nSPS) is 9.69. The Morgan fingerprint density at radius 3 is 2.50 bits per heavy atom. The van der Waals surface area contributed by atoms with Crippen molar-refractivity contribution in [3.63, 3.8) is 0 Å². The molecule has 1 rings (SSSR count). The molecule has 0 fully saturated rings. The molecule has 5 nitrogen and oxygen atoms in total. The molecule has 0 bridgehead atoms. The first-order valence-electron chi connectivity index (χ1n) is 4.34. The molecule has 0 aromatic heterocycles. The topological polar surface area (TPSA) is 75.6 Å². The molecule has 0 aliphatic carbocycles. The number of aromatic carboxylic acids is 1. The van der Waals surface area contributed by atoms with Gasteiger partial charge in [-0.05, 0) is 0 Å². The lowest BCUT2D eigenvalue weighted by Crippen LogP contribution is -2.12. The molecule has 0 aliphatic rings. The van der Waals surface area contributed by atoms with Gasteiger partial charge >= 0.3 is 5.97 Å². The molecule has 2 N–H and O–H groups in total. The van der Waals surface area contributed by atoms with Crippen LogP contribution in [-0.4, -0.2) is 24.1 Å². The van der Waals surface area contributed by atoms with Gasteiger partial charge < -0.3 is 15.2 Å². The maximum atomic E-state index is 13.4. The van der Waals surface area contributed by atoms with E-state index >= 15 is 0 Å². The molecule has 1 amide bonds. The summed E-state index contributed by atoms with van der Waals surface area (Å²) in [5.41, 5.74) is -0.715. The molecular weight excluding hydrogens is 217 g/mol. The molecule has 1 aromatic carbocycles. The number of carboxylic acid groups (broad SMARTS) is 1. The summed E-state index contributed by atoms with van der Waals surface area (Å²) < 4.78 is 18.2. The first-order valence-corrected chi connectivity index (χ1v) is 4.34. The minimum absolute atomic E-state index is 0.128. The summed E-state index contributed by atoms with van der Waals surface area (Å²) in [6.45, 7) is 1.20. The number of ether oxygens (including phenoxy) is 1. The lowest BCUT2D eigenvalue weighted by atomic mass is 10.1. The van der Waals surface area contributed by atoms with E-state index in [4.69, 9.17) is 9.84 Å². The number of nitrogens with one attached hydrogen (secondary N) is 1. The third-order valence-corrected chi connectivity index (χ3v) is 1.82. The fourth-order valence-corrected chi connectivity index (χ4v) is 1.21. The molecule has 86 valence electrons. The Morgan fingerprint density at radius 1 is 1.44 bits per heavy atom. The number of methoxy groups -OCH3 is 1. The average Bonchev–Trinajstić information content (AvgIpc) is 2.14. The maximum absolute atomic E-state index is 13.4. The van der Waals surface area contributed by atoms with Gasteiger partial charge in [-0.1, -0.05) is 0 Å². The molecular formula is C10H10FNO4. The number of anilines is 1. The van der Waals surface area contributed by atoms with Gasteiger partial charge in [-0.25, -0.2) is 9.18 Å². The minimum Gasteiger partial charge on any atom is -0.497 e. The van der Waals surface area contributed by atoms with E-state index in [2.05, 4.69) is 5.32 Å². The van der Waals surface area contributed by atoms with Gasteiger partial charge in [0.1, 0.15) is 17.1 Å². The third-order valence-electron chi connectivity index (χ3n) is 1.82. The van der Waals surface area contributed by atoms with Gasteiger partial charge in [0.25, 0.3) is 0 Å². The van der Waals surface area contributed by atoms with Crippen LogP contribution in [0.4, 0.5) is 10.1 Å². The molecule has 16 heavy (non-hydrogen) atoms. The van der Waals surface area contributed by atoms with Gasteiger partial charge in [0.05, 0.1) is 12.8 Å². The van der Waals surface area contributed by atoms with E-state index in [1.807, 2.05) is 0 Å². The number of carbonyl (C=O) groups is 2. The third kappa shape index (κ3) is 2.47. The SMILES string of the molecule is COc1cc(F)c(C(=O)O)c(NC(C)=O)c1. The highest BCUT2D eigenvalue weighted by Gasteiger charge is 2.18. The van der Waals surface area contributed by atoms with E-state index in [-0.39, 0.29) is 11.4 Å². The quantitative estimate of drug-likeness (QED) is 0.820. The average molecular weight is 227 g/mol. The summed E-state index contributed by atoms with van der Waals surface area (Å²) >= 11 is 0. The first kappa shape index (κ1) is 12.0. The molecule has 0 radical (unpaired) electrons. The van der Waals surface area contributed by atoms with Crippen LogP contribution in [0.15, 0.2) is 12.1 Å². The van der Waals surface area contributed by atoms with Crippen molar-refractivity contribution in [3.05, 3.63) is 23.5 Å². The smallest absolute Gasteiger partial charge is 0.340 e.